The molecule has 0 spiro atoms. The number of rotatable bonds is 7. The Kier molecular flexibility index (Phi) is 6.99. The first kappa shape index (κ1) is 22.2. The van der Waals surface area contributed by atoms with Gasteiger partial charge in [-0.2, -0.15) is 11.8 Å². The van der Waals surface area contributed by atoms with Crippen LogP contribution in [-0.2, 0) is 15.3 Å². The molecule has 7 nitrogen and oxygen atoms in total. The lowest BCUT2D eigenvalue weighted by atomic mass is 10.1. The van der Waals surface area contributed by atoms with Gasteiger partial charge >= 0.3 is 6.03 Å². The summed E-state index contributed by atoms with van der Waals surface area (Å²) < 4.78 is 0. The molecule has 4 rings (SSSR count). The van der Waals surface area contributed by atoms with Gasteiger partial charge in [-0.3, -0.25) is 9.59 Å². The number of hydrogen-bond acceptors (Lipinski definition) is 4. The number of nitrogens with zero attached hydrogens (tertiary/aromatic N) is 1. The molecule has 0 aromatic heterocycles. The van der Waals surface area contributed by atoms with E-state index < -0.39 is 12.1 Å². The largest absolute Gasteiger partial charge is 0.342 e. The van der Waals surface area contributed by atoms with Crippen LogP contribution in [0.3, 0.4) is 0 Å². The Hall–Kier alpha value is -3.00. The van der Waals surface area contributed by atoms with E-state index in [1.54, 1.807) is 16.7 Å². The highest BCUT2D eigenvalue weighted by Gasteiger charge is 2.46. The van der Waals surface area contributed by atoms with Crippen molar-refractivity contribution in [2.75, 3.05) is 12.3 Å². The minimum atomic E-state index is -0.529. The number of benzene rings is 2. The lowest BCUT2D eigenvalue weighted by molar-refractivity contribution is -0.146. The number of urea groups is 1. The third-order valence-corrected chi connectivity index (χ3v) is 6.99. The van der Waals surface area contributed by atoms with Crippen molar-refractivity contribution in [3.05, 3.63) is 71.8 Å². The van der Waals surface area contributed by atoms with Crippen LogP contribution in [0.4, 0.5) is 4.79 Å². The number of hydrogen-bond donors (Lipinski definition) is 3. The van der Waals surface area contributed by atoms with Crippen molar-refractivity contribution in [2.45, 2.75) is 43.3 Å². The molecule has 0 aliphatic carbocycles. The molecule has 4 amide bonds. The molecule has 2 saturated heterocycles. The van der Waals surface area contributed by atoms with Gasteiger partial charge in [-0.25, -0.2) is 4.79 Å². The molecule has 2 aromatic carbocycles. The lowest BCUT2D eigenvalue weighted by Crippen LogP contribution is -2.61. The third kappa shape index (κ3) is 5.24. The molecule has 168 valence electrons. The molecule has 0 radical (unpaired) electrons. The van der Waals surface area contributed by atoms with Crippen molar-refractivity contribution < 1.29 is 14.4 Å². The molecule has 2 fully saturated rings. The molecule has 0 bridgehead atoms. The monoisotopic (exact) mass is 452 g/mol. The van der Waals surface area contributed by atoms with E-state index in [-0.39, 0.29) is 29.9 Å². The predicted octanol–water partition coefficient (Wildman–Crippen LogP) is 2.45. The highest BCUT2D eigenvalue weighted by atomic mass is 32.2. The molecule has 8 heteroatoms. The molecule has 2 aromatic rings. The molecular weight excluding hydrogens is 424 g/mol. The van der Waals surface area contributed by atoms with E-state index in [0.717, 1.165) is 11.3 Å². The average molecular weight is 453 g/mol. The van der Waals surface area contributed by atoms with E-state index in [4.69, 9.17) is 0 Å². The normalized spacial score (nSPS) is 23.3. The van der Waals surface area contributed by atoms with E-state index in [0.29, 0.717) is 18.7 Å². The van der Waals surface area contributed by atoms with Crippen LogP contribution in [0, 0.1) is 0 Å². The third-order valence-electron chi connectivity index (χ3n) is 5.88. The second kappa shape index (κ2) is 10.1. The van der Waals surface area contributed by atoms with E-state index in [1.807, 2.05) is 67.6 Å². The summed E-state index contributed by atoms with van der Waals surface area (Å²) in [6, 6.07) is 18.0. The lowest BCUT2D eigenvalue weighted by Gasteiger charge is -2.34. The summed E-state index contributed by atoms with van der Waals surface area (Å²) in [5.74, 6) is 1.10. The fourth-order valence-corrected chi connectivity index (χ4v) is 5.20. The van der Waals surface area contributed by atoms with Crippen LogP contribution in [0.15, 0.2) is 60.7 Å². The standard InChI is InChI=1S/C24H28N4O3S/c1-16(18-10-6-3-7-11-18)25-24(31)26-19-12-21-22(29)27-20(23(30)28(21)13-19)15-32-14-17-8-4-2-5-9-17/h2-11,16,19-21H,12-15H2,1H3,(H,27,29)(H2,25,26,31)/t16-,19-,20-,21-/m0/s1. The quantitative estimate of drug-likeness (QED) is 0.602. The van der Waals surface area contributed by atoms with Crippen LogP contribution in [0.1, 0.15) is 30.5 Å². The SMILES string of the molecule is C[C@H](NC(=O)N[C@H]1C[C@H]2C(=O)N[C@@H](CSCc3ccccc3)C(=O)N2C1)c1ccccc1. The van der Waals surface area contributed by atoms with Crippen LogP contribution >= 0.6 is 11.8 Å². The van der Waals surface area contributed by atoms with Crippen LogP contribution in [0.25, 0.3) is 0 Å². The number of amides is 4. The summed E-state index contributed by atoms with van der Waals surface area (Å²) in [7, 11) is 0. The average Bonchev–Trinajstić information content (AvgIpc) is 3.23. The van der Waals surface area contributed by atoms with E-state index in [9.17, 15) is 14.4 Å². The van der Waals surface area contributed by atoms with Crippen molar-refractivity contribution in [1.82, 2.24) is 20.9 Å². The summed E-state index contributed by atoms with van der Waals surface area (Å²) >= 11 is 1.63. The van der Waals surface area contributed by atoms with Crippen molar-refractivity contribution in [2.24, 2.45) is 0 Å². The number of carbonyl (C=O) groups excluding carboxylic acids is 3. The van der Waals surface area contributed by atoms with Gasteiger partial charge in [0, 0.05) is 18.1 Å². The molecule has 2 heterocycles. The zero-order valence-electron chi connectivity index (χ0n) is 18.0. The van der Waals surface area contributed by atoms with Crippen molar-refractivity contribution in [3.8, 4) is 0 Å². The predicted molar refractivity (Wildman–Crippen MR) is 125 cm³/mol. The van der Waals surface area contributed by atoms with Crippen molar-refractivity contribution in [1.29, 1.82) is 0 Å². The molecule has 2 aliphatic heterocycles. The maximum absolute atomic E-state index is 13.0. The zero-order chi connectivity index (χ0) is 22.5. The van der Waals surface area contributed by atoms with Crippen LogP contribution in [0.2, 0.25) is 0 Å². The molecular formula is C24H28N4O3S. The zero-order valence-corrected chi connectivity index (χ0v) is 18.8. The van der Waals surface area contributed by atoms with E-state index in [1.165, 1.54) is 5.56 Å². The minimum absolute atomic E-state index is 0.0717. The van der Waals surface area contributed by atoms with Gasteiger partial charge in [-0.1, -0.05) is 60.7 Å². The van der Waals surface area contributed by atoms with Crippen LogP contribution in [-0.4, -0.2) is 53.2 Å². The molecule has 3 N–H and O–H groups in total. The van der Waals surface area contributed by atoms with E-state index >= 15 is 0 Å². The number of nitrogens with one attached hydrogen (secondary N) is 3. The maximum Gasteiger partial charge on any atom is 0.315 e. The van der Waals surface area contributed by atoms with Gasteiger partial charge < -0.3 is 20.9 Å². The van der Waals surface area contributed by atoms with Crippen molar-refractivity contribution >= 4 is 29.6 Å². The first-order chi connectivity index (χ1) is 15.5. The number of carbonyl (C=O) groups is 3. The van der Waals surface area contributed by atoms with Gasteiger partial charge in [0.2, 0.25) is 11.8 Å². The number of piperazine rings is 1. The summed E-state index contributed by atoms with van der Waals surface area (Å²) in [6.07, 6.45) is 0.425. The second-order valence-corrected chi connectivity index (χ2v) is 9.28. The molecule has 2 aliphatic rings. The highest BCUT2D eigenvalue weighted by molar-refractivity contribution is 7.98. The summed E-state index contributed by atoms with van der Waals surface area (Å²) in [6.45, 7) is 2.27. The summed E-state index contributed by atoms with van der Waals surface area (Å²) in [5.41, 5.74) is 2.20. The highest BCUT2D eigenvalue weighted by Crippen LogP contribution is 2.25. The minimum Gasteiger partial charge on any atom is -0.342 e. The fourth-order valence-electron chi connectivity index (χ4n) is 4.19. The molecule has 4 atom stereocenters. The van der Waals surface area contributed by atoms with E-state index in [2.05, 4.69) is 16.0 Å². The summed E-state index contributed by atoms with van der Waals surface area (Å²) in [4.78, 5) is 39.7. The number of thioether (sulfide) groups is 1. The summed E-state index contributed by atoms with van der Waals surface area (Å²) in [5, 5.41) is 8.72. The van der Waals surface area contributed by atoms with Gasteiger partial charge in [-0.15, -0.1) is 0 Å². The maximum atomic E-state index is 13.0. The molecule has 32 heavy (non-hydrogen) atoms. The topological polar surface area (TPSA) is 90.5 Å². The molecule has 0 saturated carbocycles. The number of fused-ring (bicyclic) bond motifs is 1. The Balaban J connectivity index is 1.28. The Morgan fingerprint density at radius 1 is 1.12 bits per heavy atom. The van der Waals surface area contributed by atoms with Gasteiger partial charge in [0.15, 0.2) is 0 Å². The first-order valence-corrected chi connectivity index (χ1v) is 12.0. The Morgan fingerprint density at radius 2 is 1.81 bits per heavy atom. The van der Waals surface area contributed by atoms with Gasteiger partial charge in [-0.05, 0) is 24.5 Å². The van der Waals surface area contributed by atoms with Gasteiger partial charge in [0.05, 0.1) is 12.1 Å². The first-order valence-electron chi connectivity index (χ1n) is 10.9. The smallest absolute Gasteiger partial charge is 0.315 e. The van der Waals surface area contributed by atoms with Crippen LogP contribution < -0.4 is 16.0 Å². The molecule has 0 unspecified atom stereocenters. The Morgan fingerprint density at radius 3 is 2.53 bits per heavy atom. The van der Waals surface area contributed by atoms with Crippen LogP contribution in [0.5, 0.6) is 0 Å². The van der Waals surface area contributed by atoms with Gasteiger partial charge in [0.25, 0.3) is 0 Å². The Labute approximate surface area is 192 Å². The van der Waals surface area contributed by atoms with Gasteiger partial charge in [0.1, 0.15) is 12.1 Å². The fraction of sp³-hybridized carbons (Fsp3) is 0.375. The second-order valence-electron chi connectivity index (χ2n) is 8.25. The van der Waals surface area contributed by atoms with Crippen molar-refractivity contribution in [3.63, 3.8) is 0 Å². The Bertz CT molecular complexity index is 956.